The Morgan fingerprint density at radius 3 is 2.68 bits per heavy atom. The number of aromatic amines is 1. The molecule has 5 rings (SSSR count). The second-order valence-corrected chi connectivity index (χ2v) is 9.13. The van der Waals surface area contributed by atoms with Crippen molar-refractivity contribution >= 4 is 34.4 Å². The van der Waals surface area contributed by atoms with Crippen LogP contribution < -0.4 is 10.6 Å². The van der Waals surface area contributed by atoms with E-state index in [0.29, 0.717) is 5.56 Å². The number of anilines is 2. The van der Waals surface area contributed by atoms with Crippen molar-refractivity contribution in [3.05, 3.63) is 113 Å². The maximum atomic E-state index is 9.81. The Kier molecular flexibility index (Phi) is 7.53. The molecule has 7 heteroatoms. The molecule has 4 aromatic heterocycles. The van der Waals surface area contributed by atoms with Crippen LogP contribution in [0.3, 0.4) is 0 Å². The van der Waals surface area contributed by atoms with E-state index >= 15 is 0 Å². The minimum atomic E-state index is 0.490. The van der Waals surface area contributed by atoms with Crippen LogP contribution >= 0.6 is 0 Å². The zero-order valence-electron chi connectivity index (χ0n) is 21.5. The lowest BCUT2D eigenvalue weighted by Gasteiger charge is -2.15. The Labute approximate surface area is 222 Å². The number of rotatable bonds is 9. The molecule has 7 nitrogen and oxygen atoms in total. The Morgan fingerprint density at radius 1 is 0.974 bits per heavy atom. The molecule has 0 amide bonds. The van der Waals surface area contributed by atoms with Crippen LogP contribution in [0.2, 0.25) is 0 Å². The maximum absolute atomic E-state index is 9.81. The van der Waals surface area contributed by atoms with Crippen molar-refractivity contribution < 1.29 is 0 Å². The third-order valence-corrected chi connectivity index (χ3v) is 6.58. The van der Waals surface area contributed by atoms with Crippen LogP contribution in [0.15, 0.2) is 73.3 Å². The molecule has 0 unspecified atom stereocenters. The van der Waals surface area contributed by atoms with Gasteiger partial charge in [0, 0.05) is 77.8 Å². The number of nitriles is 1. The summed E-state index contributed by atoms with van der Waals surface area (Å²) in [6, 6.07) is 18.5. The molecular weight excluding hydrogens is 470 g/mol. The fourth-order valence-electron chi connectivity index (χ4n) is 4.40. The van der Waals surface area contributed by atoms with Gasteiger partial charge in [-0.1, -0.05) is 12.1 Å². The molecule has 0 atom stereocenters. The van der Waals surface area contributed by atoms with Gasteiger partial charge in [0.05, 0.1) is 16.9 Å². The minimum absolute atomic E-state index is 0.490. The predicted molar refractivity (Wildman–Crippen MR) is 153 cm³/mol. The molecular formula is C31H29N7. The monoisotopic (exact) mass is 499 g/mol. The van der Waals surface area contributed by atoms with E-state index in [1.54, 1.807) is 6.20 Å². The van der Waals surface area contributed by atoms with Crippen molar-refractivity contribution in [1.82, 2.24) is 25.3 Å². The molecule has 0 radical (unpaired) electrons. The number of aromatic nitrogens is 4. The van der Waals surface area contributed by atoms with E-state index < -0.39 is 0 Å². The fraction of sp³-hybridized carbons (Fsp3) is 0.161. The first-order valence-corrected chi connectivity index (χ1v) is 12.6. The smallest absolute Gasteiger partial charge is 0.103 e. The van der Waals surface area contributed by atoms with Crippen LogP contribution in [-0.4, -0.2) is 26.5 Å². The van der Waals surface area contributed by atoms with Crippen LogP contribution in [-0.2, 0) is 13.0 Å². The number of hydrogen-bond donors (Lipinski definition) is 3. The van der Waals surface area contributed by atoms with Crippen molar-refractivity contribution in [2.24, 2.45) is 0 Å². The number of nitrogens with one attached hydrogen (secondary N) is 3. The van der Waals surface area contributed by atoms with Gasteiger partial charge in [0.25, 0.3) is 0 Å². The quantitative estimate of drug-likeness (QED) is 0.212. The van der Waals surface area contributed by atoms with Gasteiger partial charge in [-0.15, -0.1) is 0 Å². The van der Waals surface area contributed by atoms with Crippen LogP contribution in [0.25, 0.3) is 23.1 Å². The van der Waals surface area contributed by atoms with Crippen molar-refractivity contribution in [2.75, 3.05) is 11.9 Å². The lowest BCUT2D eigenvalue weighted by molar-refractivity contribution is 0.678. The van der Waals surface area contributed by atoms with Crippen LogP contribution in [0, 0.1) is 25.2 Å². The molecule has 0 saturated heterocycles. The molecule has 188 valence electrons. The van der Waals surface area contributed by atoms with E-state index in [2.05, 4.69) is 55.7 Å². The third-order valence-electron chi connectivity index (χ3n) is 6.58. The summed E-state index contributed by atoms with van der Waals surface area (Å²) in [5.41, 5.74) is 9.10. The Morgan fingerprint density at radius 2 is 1.89 bits per heavy atom. The molecule has 0 aliphatic rings. The lowest BCUT2D eigenvalue weighted by Crippen LogP contribution is -2.17. The summed E-state index contributed by atoms with van der Waals surface area (Å²) >= 11 is 0. The highest BCUT2D eigenvalue weighted by Crippen LogP contribution is 2.32. The molecule has 0 bridgehead atoms. The van der Waals surface area contributed by atoms with Gasteiger partial charge >= 0.3 is 0 Å². The molecule has 0 spiro atoms. The summed E-state index contributed by atoms with van der Waals surface area (Å²) in [6.45, 7) is 5.62. The molecule has 1 aromatic carbocycles. The van der Waals surface area contributed by atoms with E-state index in [1.807, 2.05) is 74.1 Å². The van der Waals surface area contributed by atoms with Crippen molar-refractivity contribution in [3.8, 4) is 6.07 Å². The van der Waals surface area contributed by atoms with Crippen LogP contribution in [0.1, 0.15) is 39.3 Å². The van der Waals surface area contributed by atoms with Gasteiger partial charge in [0.15, 0.2) is 0 Å². The van der Waals surface area contributed by atoms with E-state index in [1.165, 1.54) is 0 Å². The Hall–Kier alpha value is -4.80. The second kappa shape index (κ2) is 11.5. The first-order chi connectivity index (χ1) is 18.6. The van der Waals surface area contributed by atoms with Gasteiger partial charge in [0.1, 0.15) is 6.07 Å². The zero-order valence-corrected chi connectivity index (χ0v) is 21.5. The molecule has 0 aliphatic heterocycles. The Bertz CT molecular complexity index is 1610. The molecule has 0 saturated carbocycles. The summed E-state index contributed by atoms with van der Waals surface area (Å²) in [5, 5.41) is 17.9. The summed E-state index contributed by atoms with van der Waals surface area (Å²) < 4.78 is 0. The number of hydrogen-bond acceptors (Lipinski definition) is 6. The lowest BCUT2D eigenvalue weighted by atomic mass is 10.0. The first kappa shape index (κ1) is 24.9. The molecule has 0 aliphatic carbocycles. The molecule has 38 heavy (non-hydrogen) atoms. The number of H-pyrrole nitrogens is 1. The summed E-state index contributed by atoms with van der Waals surface area (Å²) in [4.78, 5) is 16.7. The molecule has 4 heterocycles. The number of benzene rings is 1. The highest BCUT2D eigenvalue weighted by Gasteiger charge is 2.13. The largest absolute Gasteiger partial charge is 0.361 e. The van der Waals surface area contributed by atoms with E-state index in [4.69, 9.17) is 0 Å². The molecule has 5 aromatic rings. The van der Waals surface area contributed by atoms with E-state index in [0.717, 1.165) is 75.6 Å². The second-order valence-electron chi connectivity index (χ2n) is 9.13. The average molecular weight is 500 g/mol. The van der Waals surface area contributed by atoms with Gasteiger partial charge in [-0.2, -0.15) is 5.26 Å². The van der Waals surface area contributed by atoms with Crippen LogP contribution in [0.5, 0.6) is 0 Å². The van der Waals surface area contributed by atoms with Gasteiger partial charge in [-0.25, -0.2) is 0 Å². The van der Waals surface area contributed by atoms with E-state index in [9.17, 15) is 5.26 Å². The highest BCUT2D eigenvalue weighted by atomic mass is 14.9. The third kappa shape index (κ3) is 5.61. The normalized spacial score (nSPS) is 11.2. The van der Waals surface area contributed by atoms with Gasteiger partial charge in [-0.3, -0.25) is 15.0 Å². The summed E-state index contributed by atoms with van der Waals surface area (Å²) in [7, 11) is 0. The SMILES string of the molecule is Cc1ncc(C#N)c(Nc2ccc3[nH]ccc3c2C)c1C=Cc1ccc(CNCCc2ccccn2)cn1. The number of aryl methyl sites for hydroxylation is 2. The Balaban J connectivity index is 1.30. The maximum Gasteiger partial charge on any atom is 0.103 e. The summed E-state index contributed by atoms with van der Waals surface area (Å²) in [5.74, 6) is 0. The highest BCUT2D eigenvalue weighted by molar-refractivity contribution is 5.90. The van der Waals surface area contributed by atoms with Gasteiger partial charge in [0.2, 0.25) is 0 Å². The molecule has 3 N–H and O–H groups in total. The van der Waals surface area contributed by atoms with Gasteiger partial charge in [-0.05, 0) is 73.5 Å². The standard InChI is InChI=1S/C31H29N7/c1-21-27-13-16-35-30(27)11-10-29(21)38-31-24(17-32)20-36-22(2)28(31)9-8-26-7-6-23(19-37-26)18-33-15-12-25-5-3-4-14-34-25/h3-11,13-14,16,19-20,33,35H,12,15,18H2,1-2H3,(H,36,38). The van der Waals surface area contributed by atoms with Crippen LogP contribution in [0.4, 0.5) is 11.4 Å². The number of nitrogens with zero attached hydrogens (tertiary/aromatic N) is 4. The van der Waals surface area contributed by atoms with E-state index in [-0.39, 0.29) is 0 Å². The molecule has 0 fully saturated rings. The minimum Gasteiger partial charge on any atom is -0.361 e. The number of fused-ring (bicyclic) bond motifs is 1. The fourth-order valence-corrected chi connectivity index (χ4v) is 4.40. The zero-order chi connectivity index (χ0) is 26.3. The van der Waals surface area contributed by atoms with Crippen molar-refractivity contribution in [2.45, 2.75) is 26.8 Å². The number of pyridine rings is 3. The van der Waals surface area contributed by atoms with Crippen molar-refractivity contribution in [3.63, 3.8) is 0 Å². The first-order valence-electron chi connectivity index (χ1n) is 12.6. The van der Waals surface area contributed by atoms with Crippen molar-refractivity contribution in [1.29, 1.82) is 5.26 Å². The topological polar surface area (TPSA) is 102 Å². The predicted octanol–water partition coefficient (Wildman–Crippen LogP) is 6.09. The van der Waals surface area contributed by atoms with Gasteiger partial charge < -0.3 is 15.6 Å². The summed E-state index contributed by atoms with van der Waals surface area (Å²) in [6.07, 6.45) is 12.1. The average Bonchev–Trinajstić information content (AvgIpc) is 3.43.